The second-order valence-electron chi connectivity index (χ2n) is 8.25. The number of benzene rings is 2. The Kier molecular flexibility index (Phi) is 5.98. The van der Waals surface area contributed by atoms with Crippen LogP contribution < -0.4 is 10.9 Å². The average molecular weight is 446 g/mol. The molecule has 2 aromatic carbocycles. The van der Waals surface area contributed by atoms with E-state index in [9.17, 15) is 9.59 Å². The SMILES string of the molecule is CCC(C(=O)Nc1cccc(C)c1)n1cnc2sc(C)c(-c3ccc(C)c(C)c3)c2c1=O. The van der Waals surface area contributed by atoms with Crippen molar-refractivity contribution >= 4 is 33.1 Å². The van der Waals surface area contributed by atoms with Gasteiger partial charge in [-0.1, -0.05) is 37.3 Å². The summed E-state index contributed by atoms with van der Waals surface area (Å²) in [6, 6.07) is 13.2. The topological polar surface area (TPSA) is 64.0 Å². The van der Waals surface area contributed by atoms with E-state index in [1.54, 1.807) is 0 Å². The lowest BCUT2D eigenvalue weighted by Crippen LogP contribution is -2.33. The van der Waals surface area contributed by atoms with Gasteiger partial charge in [0, 0.05) is 16.1 Å². The van der Waals surface area contributed by atoms with Crippen molar-refractivity contribution < 1.29 is 4.79 Å². The summed E-state index contributed by atoms with van der Waals surface area (Å²) < 4.78 is 1.48. The predicted molar refractivity (Wildman–Crippen MR) is 133 cm³/mol. The van der Waals surface area contributed by atoms with Gasteiger partial charge in [-0.05, 0) is 68.5 Å². The molecule has 164 valence electrons. The van der Waals surface area contributed by atoms with E-state index < -0.39 is 6.04 Å². The Morgan fingerprint density at radius 1 is 1.09 bits per heavy atom. The van der Waals surface area contributed by atoms with E-state index in [0.717, 1.165) is 27.3 Å². The zero-order valence-electron chi connectivity index (χ0n) is 19.0. The number of nitrogens with zero attached hydrogens (tertiary/aromatic N) is 2. The molecule has 0 aliphatic heterocycles. The van der Waals surface area contributed by atoms with E-state index in [1.165, 1.54) is 33.4 Å². The Morgan fingerprint density at radius 3 is 2.56 bits per heavy atom. The van der Waals surface area contributed by atoms with Crippen molar-refractivity contribution in [3.63, 3.8) is 0 Å². The van der Waals surface area contributed by atoms with Crippen molar-refractivity contribution in [1.29, 1.82) is 0 Å². The van der Waals surface area contributed by atoms with Gasteiger partial charge in [-0.15, -0.1) is 11.3 Å². The van der Waals surface area contributed by atoms with Crippen molar-refractivity contribution in [3.8, 4) is 11.1 Å². The molecule has 1 atom stereocenters. The summed E-state index contributed by atoms with van der Waals surface area (Å²) in [6.45, 7) is 10.0. The molecule has 6 heteroatoms. The van der Waals surface area contributed by atoms with Crippen LogP contribution in [0, 0.1) is 27.7 Å². The number of fused-ring (bicyclic) bond motifs is 1. The smallest absolute Gasteiger partial charge is 0.263 e. The van der Waals surface area contributed by atoms with Gasteiger partial charge < -0.3 is 5.32 Å². The lowest BCUT2D eigenvalue weighted by atomic mass is 9.99. The summed E-state index contributed by atoms with van der Waals surface area (Å²) in [6.07, 6.45) is 1.99. The molecule has 4 rings (SSSR count). The van der Waals surface area contributed by atoms with Crippen molar-refractivity contribution in [2.75, 3.05) is 5.32 Å². The van der Waals surface area contributed by atoms with Crippen molar-refractivity contribution in [1.82, 2.24) is 9.55 Å². The first-order valence-corrected chi connectivity index (χ1v) is 11.6. The van der Waals surface area contributed by atoms with Gasteiger partial charge in [-0.3, -0.25) is 14.2 Å². The highest BCUT2D eigenvalue weighted by atomic mass is 32.1. The summed E-state index contributed by atoms with van der Waals surface area (Å²) in [7, 11) is 0. The highest BCUT2D eigenvalue weighted by molar-refractivity contribution is 7.19. The van der Waals surface area contributed by atoms with Crippen LogP contribution in [0.25, 0.3) is 21.3 Å². The summed E-state index contributed by atoms with van der Waals surface area (Å²) in [4.78, 5) is 33.0. The number of hydrogen-bond donors (Lipinski definition) is 1. The van der Waals surface area contributed by atoms with Crippen LogP contribution in [0.5, 0.6) is 0 Å². The third-order valence-corrected chi connectivity index (χ3v) is 6.93. The molecule has 2 aromatic heterocycles. The highest BCUT2D eigenvalue weighted by Crippen LogP contribution is 2.36. The minimum Gasteiger partial charge on any atom is -0.324 e. The molecule has 0 saturated heterocycles. The third-order valence-electron chi connectivity index (χ3n) is 5.92. The van der Waals surface area contributed by atoms with E-state index in [0.29, 0.717) is 16.6 Å². The number of anilines is 1. The first-order valence-electron chi connectivity index (χ1n) is 10.8. The molecule has 0 aliphatic rings. The quantitative estimate of drug-likeness (QED) is 0.413. The maximum atomic E-state index is 13.6. The second kappa shape index (κ2) is 8.71. The molecular weight excluding hydrogens is 418 g/mol. The minimum absolute atomic E-state index is 0.182. The Hall–Kier alpha value is -3.25. The molecule has 0 fully saturated rings. The summed E-state index contributed by atoms with van der Waals surface area (Å²) >= 11 is 1.51. The number of amides is 1. The average Bonchev–Trinajstić information content (AvgIpc) is 3.09. The molecule has 1 unspecified atom stereocenters. The Balaban J connectivity index is 1.80. The standard InChI is InChI=1S/C26H27N3O2S/c1-6-21(24(30)28-20-9-7-8-15(2)12-20)29-14-27-25-23(26(29)31)22(18(5)32-25)19-11-10-16(3)17(4)13-19/h7-14,21H,6H2,1-5H3,(H,28,30). The van der Waals surface area contributed by atoms with Crippen LogP contribution in [-0.2, 0) is 4.79 Å². The highest BCUT2D eigenvalue weighted by Gasteiger charge is 2.24. The number of rotatable bonds is 5. The molecule has 1 amide bonds. The summed E-state index contributed by atoms with van der Waals surface area (Å²) in [5, 5.41) is 3.53. The van der Waals surface area contributed by atoms with Crippen molar-refractivity contribution in [2.45, 2.75) is 47.1 Å². The van der Waals surface area contributed by atoms with Crippen LogP contribution in [0.3, 0.4) is 0 Å². The molecule has 4 aromatic rings. The van der Waals surface area contributed by atoms with Gasteiger partial charge in [0.05, 0.1) is 11.7 Å². The molecule has 0 aliphatic carbocycles. The first kappa shape index (κ1) is 22.0. The summed E-state index contributed by atoms with van der Waals surface area (Å²) in [5.41, 5.74) is 5.90. The number of aromatic nitrogens is 2. The molecule has 1 N–H and O–H groups in total. The van der Waals surface area contributed by atoms with Gasteiger partial charge in [0.25, 0.3) is 5.56 Å². The molecule has 5 nitrogen and oxygen atoms in total. The molecule has 0 spiro atoms. The fraction of sp³-hybridized carbons (Fsp3) is 0.269. The van der Waals surface area contributed by atoms with Gasteiger partial charge in [0.15, 0.2) is 0 Å². The molecule has 32 heavy (non-hydrogen) atoms. The van der Waals surface area contributed by atoms with Gasteiger partial charge in [-0.2, -0.15) is 0 Å². The number of aryl methyl sites for hydroxylation is 4. The van der Waals surface area contributed by atoms with Gasteiger partial charge in [0.2, 0.25) is 5.91 Å². The number of nitrogens with one attached hydrogen (secondary N) is 1. The van der Waals surface area contributed by atoms with Gasteiger partial charge >= 0.3 is 0 Å². The normalized spacial score (nSPS) is 12.2. The monoisotopic (exact) mass is 445 g/mol. The van der Waals surface area contributed by atoms with E-state index in [4.69, 9.17) is 0 Å². The van der Waals surface area contributed by atoms with E-state index in [2.05, 4.69) is 42.3 Å². The number of hydrogen-bond acceptors (Lipinski definition) is 4. The third kappa shape index (κ3) is 3.98. The van der Waals surface area contributed by atoms with E-state index >= 15 is 0 Å². The van der Waals surface area contributed by atoms with Crippen LogP contribution in [0.1, 0.15) is 41.0 Å². The van der Waals surface area contributed by atoms with Crippen LogP contribution in [0.15, 0.2) is 53.6 Å². The van der Waals surface area contributed by atoms with Crippen LogP contribution >= 0.6 is 11.3 Å². The molecule has 0 saturated carbocycles. The van der Waals surface area contributed by atoms with Crippen molar-refractivity contribution in [3.05, 3.63) is 80.7 Å². The van der Waals surface area contributed by atoms with Crippen LogP contribution in [-0.4, -0.2) is 15.5 Å². The zero-order valence-corrected chi connectivity index (χ0v) is 19.8. The van der Waals surface area contributed by atoms with Crippen LogP contribution in [0.4, 0.5) is 5.69 Å². The number of carbonyl (C=O) groups is 1. The first-order chi connectivity index (χ1) is 15.3. The fourth-order valence-electron chi connectivity index (χ4n) is 4.04. The Bertz CT molecular complexity index is 1380. The molecule has 2 heterocycles. The second-order valence-corrected chi connectivity index (χ2v) is 9.46. The van der Waals surface area contributed by atoms with E-state index in [1.807, 2.05) is 45.0 Å². The Labute approximate surface area is 191 Å². The van der Waals surface area contributed by atoms with Crippen LogP contribution in [0.2, 0.25) is 0 Å². The van der Waals surface area contributed by atoms with E-state index in [-0.39, 0.29) is 11.5 Å². The fourth-order valence-corrected chi connectivity index (χ4v) is 5.04. The van der Waals surface area contributed by atoms with Gasteiger partial charge in [-0.25, -0.2) is 4.98 Å². The predicted octanol–water partition coefficient (Wildman–Crippen LogP) is 5.95. The lowest BCUT2D eigenvalue weighted by Gasteiger charge is -2.18. The molecular formula is C26H27N3O2S. The largest absolute Gasteiger partial charge is 0.324 e. The Morgan fingerprint density at radius 2 is 1.88 bits per heavy atom. The van der Waals surface area contributed by atoms with Crippen molar-refractivity contribution in [2.24, 2.45) is 0 Å². The zero-order chi connectivity index (χ0) is 23.0. The van der Waals surface area contributed by atoms with Gasteiger partial charge in [0.1, 0.15) is 10.9 Å². The number of carbonyl (C=O) groups excluding carboxylic acids is 1. The maximum Gasteiger partial charge on any atom is 0.263 e. The number of thiophene rings is 1. The minimum atomic E-state index is -0.646. The maximum absolute atomic E-state index is 13.6. The lowest BCUT2D eigenvalue weighted by molar-refractivity contribution is -0.119. The molecule has 0 bridgehead atoms. The summed E-state index contributed by atoms with van der Waals surface area (Å²) in [5.74, 6) is -0.221. The molecule has 0 radical (unpaired) electrons.